The van der Waals surface area contributed by atoms with Crippen LogP contribution in [-0.2, 0) is 0 Å². The number of carbonyl (C=O) groups is 1. The first-order valence-electron chi connectivity index (χ1n) is 6.19. The van der Waals surface area contributed by atoms with Crippen molar-refractivity contribution < 1.29 is 9.90 Å². The van der Waals surface area contributed by atoms with E-state index in [2.05, 4.69) is 10.3 Å². The Labute approximate surface area is 122 Å². The maximum absolute atomic E-state index is 11.0. The normalized spacial score (nSPS) is 11.9. The minimum Gasteiger partial charge on any atom is -0.478 e. The number of nitrogens with one attached hydrogen (secondary N) is 1. The molecule has 0 aliphatic carbocycles. The first-order valence-corrected chi connectivity index (χ1v) is 6.57. The van der Waals surface area contributed by atoms with Crippen molar-refractivity contribution in [2.24, 2.45) is 0 Å². The minimum atomic E-state index is -1.03. The van der Waals surface area contributed by atoms with E-state index in [9.17, 15) is 4.79 Å². The minimum absolute atomic E-state index is 0.00297. The number of hydrogen-bond acceptors (Lipinski definition) is 3. The van der Waals surface area contributed by atoms with Crippen LogP contribution in [0.3, 0.4) is 0 Å². The number of benzene rings is 1. The van der Waals surface area contributed by atoms with Crippen LogP contribution in [0, 0.1) is 6.92 Å². The van der Waals surface area contributed by atoms with Crippen molar-refractivity contribution in [3.8, 4) is 0 Å². The summed E-state index contributed by atoms with van der Waals surface area (Å²) < 4.78 is 0. The summed E-state index contributed by atoms with van der Waals surface area (Å²) in [6.07, 6.45) is 0. The van der Waals surface area contributed by atoms with Crippen molar-refractivity contribution in [1.29, 1.82) is 0 Å². The molecule has 0 saturated carbocycles. The molecule has 1 atom stereocenters. The maximum atomic E-state index is 11.0. The molecular formula is C15H15ClN2O2. The van der Waals surface area contributed by atoms with Crippen LogP contribution in [-0.4, -0.2) is 16.1 Å². The maximum Gasteiger partial charge on any atom is 0.335 e. The highest BCUT2D eigenvalue weighted by Crippen LogP contribution is 2.21. The molecule has 20 heavy (non-hydrogen) atoms. The fourth-order valence-corrected chi connectivity index (χ4v) is 2.06. The lowest BCUT2D eigenvalue weighted by atomic mass is 10.1. The highest BCUT2D eigenvalue weighted by molar-refractivity contribution is 6.29. The van der Waals surface area contributed by atoms with E-state index in [0.717, 1.165) is 5.56 Å². The molecule has 0 saturated heterocycles. The SMILES string of the molecule is Cc1ccc(C(C)Nc2cc(C(=O)O)cc(Cl)n2)cc1. The van der Waals surface area contributed by atoms with E-state index in [-0.39, 0.29) is 16.8 Å². The quantitative estimate of drug-likeness (QED) is 0.838. The van der Waals surface area contributed by atoms with E-state index in [0.29, 0.717) is 5.82 Å². The third-order valence-electron chi connectivity index (χ3n) is 2.98. The molecule has 2 rings (SSSR count). The van der Waals surface area contributed by atoms with Gasteiger partial charge < -0.3 is 10.4 Å². The molecule has 1 aromatic carbocycles. The Morgan fingerprint density at radius 2 is 1.95 bits per heavy atom. The summed E-state index contributed by atoms with van der Waals surface area (Å²) >= 11 is 5.83. The van der Waals surface area contributed by atoms with E-state index in [1.54, 1.807) is 0 Å². The molecule has 4 nitrogen and oxygen atoms in total. The predicted octanol–water partition coefficient (Wildman–Crippen LogP) is 3.91. The van der Waals surface area contributed by atoms with Crippen molar-refractivity contribution in [2.75, 3.05) is 5.32 Å². The second kappa shape index (κ2) is 5.92. The second-order valence-electron chi connectivity index (χ2n) is 4.65. The third-order valence-corrected chi connectivity index (χ3v) is 3.18. The smallest absolute Gasteiger partial charge is 0.335 e. The Hall–Kier alpha value is -2.07. The lowest BCUT2D eigenvalue weighted by Crippen LogP contribution is -2.09. The summed E-state index contributed by atoms with van der Waals surface area (Å²) in [4.78, 5) is 15.1. The zero-order valence-corrected chi connectivity index (χ0v) is 12.0. The van der Waals surface area contributed by atoms with Crippen LogP contribution in [0.4, 0.5) is 5.82 Å². The first kappa shape index (κ1) is 14.3. The second-order valence-corrected chi connectivity index (χ2v) is 5.03. The third kappa shape index (κ3) is 3.48. The number of carboxylic acids is 1. The molecule has 1 unspecified atom stereocenters. The Morgan fingerprint density at radius 3 is 2.55 bits per heavy atom. The van der Waals surface area contributed by atoms with Gasteiger partial charge in [0.15, 0.2) is 0 Å². The predicted molar refractivity (Wildman–Crippen MR) is 79.4 cm³/mol. The summed E-state index contributed by atoms with van der Waals surface area (Å²) in [5.74, 6) is -0.580. The Balaban J connectivity index is 2.21. The summed E-state index contributed by atoms with van der Waals surface area (Å²) in [7, 11) is 0. The van der Waals surface area contributed by atoms with E-state index in [4.69, 9.17) is 16.7 Å². The zero-order valence-electron chi connectivity index (χ0n) is 11.2. The zero-order chi connectivity index (χ0) is 14.7. The van der Waals surface area contributed by atoms with Gasteiger partial charge in [-0.3, -0.25) is 0 Å². The summed E-state index contributed by atoms with van der Waals surface area (Å²) in [6.45, 7) is 4.01. The molecule has 0 aliphatic heterocycles. The molecular weight excluding hydrogens is 276 g/mol. The molecule has 0 fully saturated rings. The number of anilines is 1. The lowest BCUT2D eigenvalue weighted by molar-refractivity contribution is 0.0697. The number of aromatic carboxylic acids is 1. The molecule has 2 aromatic rings. The molecule has 104 valence electrons. The molecule has 2 N–H and O–H groups in total. The van der Waals surface area contributed by atoms with Crippen molar-refractivity contribution in [3.05, 3.63) is 58.2 Å². The van der Waals surface area contributed by atoms with Crippen molar-refractivity contribution in [3.63, 3.8) is 0 Å². The van der Waals surface area contributed by atoms with Crippen molar-refractivity contribution in [1.82, 2.24) is 4.98 Å². The van der Waals surface area contributed by atoms with Crippen LogP contribution < -0.4 is 5.32 Å². The largest absolute Gasteiger partial charge is 0.478 e. The van der Waals surface area contributed by atoms with Gasteiger partial charge in [-0.1, -0.05) is 41.4 Å². The molecule has 1 aromatic heterocycles. The number of rotatable bonds is 4. The topological polar surface area (TPSA) is 62.2 Å². The van der Waals surface area contributed by atoms with E-state index < -0.39 is 5.97 Å². The molecule has 0 radical (unpaired) electrons. The van der Waals surface area contributed by atoms with E-state index in [1.807, 2.05) is 38.1 Å². The van der Waals surface area contributed by atoms with Gasteiger partial charge in [0, 0.05) is 6.04 Å². The van der Waals surface area contributed by atoms with E-state index in [1.165, 1.54) is 17.7 Å². The number of carboxylic acid groups (broad SMARTS) is 1. The first-order chi connectivity index (χ1) is 9.45. The Bertz CT molecular complexity index is 626. The molecule has 0 aliphatic rings. The van der Waals surface area contributed by atoms with Gasteiger partial charge in [0.05, 0.1) is 5.56 Å². The number of pyridine rings is 1. The average Bonchev–Trinajstić information content (AvgIpc) is 2.38. The van der Waals surface area contributed by atoms with Crippen LogP contribution in [0.5, 0.6) is 0 Å². The van der Waals surface area contributed by atoms with Crippen LogP contribution in [0.1, 0.15) is 34.5 Å². The van der Waals surface area contributed by atoms with Gasteiger partial charge in [-0.15, -0.1) is 0 Å². The average molecular weight is 291 g/mol. The molecule has 0 bridgehead atoms. The van der Waals surface area contributed by atoms with Crippen LogP contribution >= 0.6 is 11.6 Å². The standard InChI is InChI=1S/C15H15ClN2O2/c1-9-3-5-11(6-4-9)10(2)17-14-8-12(15(19)20)7-13(16)18-14/h3-8,10H,1-2H3,(H,17,18)(H,19,20). The number of aromatic nitrogens is 1. The number of aryl methyl sites for hydroxylation is 1. The number of halogens is 1. The van der Waals surface area contributed by atoms with Crippen molar-refractivity contribution in [2.45, 2.75) is 19.9 Å². The highest BCUT2D eigenvalue weighted by Gasteiger charge is 2.10. The molecule has 1 heterocycles. The lowest BCUT2D eigenvalue weighted by Gasteiger charge is -2.15. The van der Waals surface area contributed by atoms with Gasteiger partial charge >= 0.3 is 5.97 Å². The van der Waals surface area contributed by atoms with Gasteiger partial charge in [0.2, 0.25) is 0 Å². The van der Waals surface area contributed by atoms with Crippen LogP contribution in [0.25, 0.3) is 0 Å². The van der Waals surface area contributed by atoms with Crippen LogP contribution in [0.2, 0.25) is 5.15 Å². The van der Waals surface area contributed by atoms with Gasteiger partial charge in [0.1, 0.15) is 11.0 Å². The number of hydrogen-bond donors (Lipinski definition) is 2. The van der Waals surface area contributed by atoms with Crippen LogP contribution in [0.15, 0.2) is 36.4 Å². The summed E-state index contributed by atoms with van der Waals surface area (Å²) in [5.41, 5.74) is 2.40. The summed E-state index contributed by atoms with van der Waals surface area (Å²) in [5, 5.41) is 12.3. The molecule has 0 spiro atoms. The van der Waals surface area contributed by atoms with Gasteiger partial charge in [-0.2, -0.15) is 0 Å². The monoisotopic (exact) mass is 290 g/mol. The Morgan fingerprint density at radius 1 is 1.30 bits per heavy atom. The molecule has 0 amide bonds. The summed E-state index contributed by atoms with van der Waals surface area (Å²) in [6, 6.07) is 10.9. The van der Waals surface area contributed by atoms with Gasteiger partial charge in [0.25, 0.3) is 0 Å². The molecule has 5 heteroatoms. The number of nitrogens with zero attached hydrogens (tertiary/aromatic N) is 1. The van der Waals surface area contributed by atoms with E-state index >= 15 is 0 Å². The fourth-order valence-electron chi connectivity index (χ4n) is 1.85. The Kier molecular flexibility index (Phi) is 4.25. The van der Waals surface area contributed by atoms with Crippen molar-refractivity contribution >= 4 is 23.4 Å². The fraction of sp³-hybridized carbons (Fsp3) is 0.200. The van der Waals surface area contributed by atoms with Gasteiger partial charge in [-0.05, 0) is 31.5 Å². The highest BCUT2D eigenvalue weighted by atomic mass is 35.5. The van der Waals surface area contributed by atoms with Gasteiger partial charge in [-0.25, -0.2) is 9.78 Å².